The molecule has 2 aromatic rings. The standard InChI is InChI=1S/C20H20Cl2N4O5/c1-31-16-8-6-13(22)10-14(16)19(29)25-26-20(30)15(7-9-17(23)27)24-18(28)11-2-4-12(21)5-3-11/h2-6,8,10,15H,7,9H2,1H3,(H2,23,27)(H,24,28)(H,25,29)(H,26,30). The largest absolute Gasteiger partial charge is 0.496 e. The van der Waals surface area contributed by atoms with E-state index < -0.39 is 29.7 Å². The summed E-state index contributed by atoms with van der Waals surface area (Å²) in [6, 6.07) is 9.28. The minimum absolute atomic E-state index is 0.0726. The number of nitrogens with one attached hydrogen (secondary N) is 3. The summed E-state index contributed by atoms with van der Waals surface area (Å²) >= 11 is 11.7. The summed E-state index contributed by atoms with van der Waals surface area (Å²) in [6.45, 7) is 0. The zero-order valence-electron chi connectivity index (χ0n) is 16.4. The highest BCUT2D eigenvalue weighted by Gasteiger charge is 2.23. The average molecular weight is 467 g/mol. The first-order valence-electron chi connectivity index (χ1n) is 8.99. The lowest BCUT2D eigenvalue weighted by molar-refractivity contribution is -0.124. The molecule has 9 nitrogen and oxygen atoms in total. The number of carbonyl (C=O) groups excluding carboxylic acids is 4. The van der Waals surface area contributed by atoms with Crippen molar-refractivity contribution >= 4 is 46.8 Å². The lowest BCUT2D eigenvalue weighted by Crippen LogP contribution is -2.52. The van der Waals surface area contributed by atoms with Crippen LogP contribution in [0.5, 0.6) is 5.75 Å². The number of primary amides is 1. The molecular formula is C20H20Cl2N4O5. The molecule has 0 heterocycles. The van der Waals surface area contributed by atoms with Gasteiger partial charge in [-0.15, -0.1) is 0 Å². The van der Waals surface area contributed by atoms with Crippen LogP contribution in [0, 0.1) is 0 Å². The van der Waals surface area contributed by atoms with Crippen LogP contribution in [-0.4, -0.2) is 36.8 Å². The molecule has 0 radical (unpaired) electrons. The fraction of sp³-hybridized carbons (Fsp3) is 0.200. The first-order valence-corrected chi connectivity index (χ1v) is 9.75. The highest BCUT2D eigenvalue weighted by molar-refractivity contribution is 6.31. The third kappa shape index (κ3) is 7.16. The van der Waals surface area contributed by atoms with Crippen molar-refractivity contribution in [2.24, 2.45) is 5.73 Å². The molecule has 5 N–H and O–H groups in total. The summed E-state index contributed by atoms with van der Waals surface area (Å²) in [4.78, 5) is 48.5. The third-order valence-corrected chi connectivity index (χ3v) is 4.60. The van der Waals surface area contributed by atoms with E-state index in [2.05, 4.69) is 16.2 Å². The smallest absolute Gasteiger partial charge is 0.273 e. The second kappa shape index (κ2) is 11.2. The topological polar surface area (TPSA) is 140 Å². The van der Waals surface area contributed by atoms with Gasteiger partial charge in [0.15, 0.2) is 0 Å². The van der Waals surface area contributed by atoms with Gasteiger partial charge in [-0.3, -0.25) is 30.0 Å². The van der Waals surface area contributed by atoms with Crippen LogP contribution in [0.4, 0.5) is 0 Å². The summed E-state index contributed by atoms with van der Waals surface area (Å²) < 4.78 is 5.10. The van der Waals surface area contributed by atoms with Crippen LogP contribution in [0.15, 0.2) is 42.5 Å². The lowest BCUT2D eigenvalue weighted by Gasteiger charge is -2.18. The van der Waals surface area contributed by atoms with Crippen molar-refractivity contribution in [3.05, 3.63) is 63.6 Å². The van der Waals surface area contributed by atoms with Gasteiger partial charge in [0.2, 0.25) is 5.91 Å². The molecule has 164 valence electrons. The van der Waals surface area contributed by atoms with Crippen molar-refractivity contribution in [3.8, 4) is 5.75 Å². The summed E-state index contributed by atoms with van der Waals surface area (Å²) in [5, 5.41) is 3.25. The van der Waals surface area contributed by atoms with E-state index >= 15 is 0 Å². The normalized spacial score (nSPS) is 11.2. The van der Waals surface area contributed by atoms with E-state index in [0.29, 0.717) is 10.0 Å². The fourth-order valence-electron chi connectivity index (χ4n) is 2.53. The Bertz CT molecular complexity index is 982. The van der Waals surface area contributed by atoms with E-state index in [4.69, 9.17) is 33.7 Å². The molecule has 2 aromatic carbocycles. The maximum absolute atomic E-state index is 12.6. The molecule has 1 unspecified atom stereocenters. The molecule has 0 aliphatic carbocycles. The summed E-state index contributed by atoms with van der Waals surface area (Å²) in [7, 11) is 1.38. The van der Waals surface area contributed by atoms with E-state index in [1.165, 1.54) is 43.5 Å². The molecule has 0 fully saturated rings. The van der Waals surface area contributed by atoms with Gasteiger partial charge in [0, 0.05) is 22.0 Å². The zero-order chi connectivity index (χ0) is 23.0. The van der Waals surface area contributed by atoms with Crippen LogP contribution < -0.4 is 26.6 Å². The number of carbonyl (C=O) groups is 4. The Morgan fingerprint density at radius 1 is 0.968 bits per heavy atom. The van der Waals surface area contributed by atoms with Gasteiger partial charge in [0.05, 0.1) is 12.7 Å². The van der Waals surface area contributed by atoms with Gasteiger partial charge in [0.25, 0.3) is 17.7 Å². The van der Waals surface area contributed by atoms with Gasteiger partial charge < -0.3 is 15.8 Å². The fourth-order valence-corrected chi connectivity index (χ4v) is 2.83. The predicted octanol–water partition coefficient (Wildman–Crippen LogP) is 1.83. The number of halogens is 2. The number of methoxy groups -OCH3 is 1. The van der Waals surface area contributed by atoms with Gasteiger partial charge >= 0.3 is 0 Å². The van der Waals surface area contributed by atoms with Crippen LogP contribution in [-0.2, 0) is 9.59 Å². The molecule has 0 aliphatic rings. The second-order valence-electron chi connectivity index (χ2n) is 6.33. The highest BCUT2D eigenvalue weighted by atomic mass is 35.5. The predicted molar refractivity (Wildman–Crippen MR) is 115 cm³/mol. The number of hydrazine groups is 1. The first kappa shape index (κ1) is 24.0. The molecule has 0 aliphatic heterocycles. The Morgan fingerprint density at radius 3 is 2.23 bits per heavy atom. The molecule has 0 spiro atoms. The van der Waals surface area contributed by atoms with E-state index in [1.54, 1.807) is 6.07 Å². The molecule has 11 heteroatoms. The number of ether oxygens (including phenoxy) is 1. The van der Waals surface area contributed by atoms with Crippen molar-refractivity contribution in [3.63, 3.8) is 0 Å². The maximum Gasteiger partial charge on any atom is 0.273 e. The number of hydrogen-bond donors (Lipinski definition) is 4. The van der Waals surface area contributed by atoms with E-state index in [1.807, 2.05) is 0 Å². The lowest BCUT2D eigenvalue weighted by atomic mass is 10.1. The molecular weight excluding hydrogens is 447 g/mol. The van der Waals surface area contributed by atoms with Crippen molar-refractivity contribution in [1.29, 1.82) is 0 Å². The Morgan fingerprint density at radius 2 is 1.61 bits per heavy atom. The second-order valence-corrected chi connectivity index (χ2v) is 7.20. The third-order valence-electron chi connectivity index (χ3n) is 4.11. The summed E-state index contributed by atoms with van der Waals surface area (Å²) in [5.74, 6) is -2.41. The first-order chi connectivity index (χ1) is 14.7. The van der Waals surface area contributed by atoms with Crippen LogP contribution in [0.25, 0.3) is 0 Å². The highest BCUT2D eigenvalue weighted by Crippen LogP contribution is 2.22. The van der Waals surface area contributed by atoms with Crippen LogP contribution in [0.3, 0.4) is 0 Å². The Hall–Kier alpha value is -3.30. The number of hydrogen-bond acceptors (Lipinski definition) is 5. The quantitative estimate of drug-likeness (QED) is 0.439. The monoisotopic (exact) mass is 466 g/mol. The molecule has 4 amide bonds. The summed E-state index contributed by atoms with van der Waals surface area (Å²) in [5.41, 5.74) is 9.94. The molecule has 31 heavy (non-hydrogen) atoms. The van der Waals surface area contributed by atoms with Crippen molar-refractivity contribution in [2.75, 3.05) is 7.11 Å². The number of amides is 4. The molecule has 0 saturated heterocycles. The van der Waals surface area contributed by atoms with Crippen LogP contribution in [0.2, 0.25) is 10.0 Å². The number of benzene rings is 2. The molecule has 0 aromatic heterocycles. The molecule has 0 saturated carbocycles. The van der Waals surface area contributed by atoms with E-state index in [9.17, 15) is 19.2 Å². The van der Waals surface area contributed by atoms with Gasteiger partial charge in [-0.2, -0.15) is 0 Å². The minimum atomic E-state index is -1.14. The van der Waals surface area contributed by atoms with Crippen LogP contribution in [0.1, 0.15) is 33.6 Å². The van der Waals surface area contributed by atoms with Gasteiger partial charge in [0.1, 0.15) is 11.8 Å². The molecule has 2 rings (SSSR count). The number of nitrogens with two attached hydrogens (primary N) is 1. The molecule has 1 atom stereocenters. The van der Waals surface area contributed by atoms with Gasteiger partial charge in [-0.25, -0.2) is 0 Å². The maximum atomic E-state index is 12.6. The van der Waals surface area contributed by atoms with Gasteiger partial charge in [-0.05, 0) is 48.9 Å². The van der Waals surface area contributed by atoms with E-state index in [0.717, 1.165) is 0 Å². The van der Waals surface area contributed by atoms with E-state index in [-0.39, 0.29) is 29.7 Å². The minimum Gasteiger partial charge on any atom is -0.496 e. The Labute approximate surface area is 188 Å². The average Bonchev–Trinajstić information content (AvgIpc) is 2.74. The Kier molecular flexibility index (Phi) is 8.65. The Balaban J connectivity index is 2.07. The van der Waals surface area contributed by atoms with Gasteiger partial charge in [-0.1, -0.05) is 23.2 Å². The number of rotatable bonds is 8. The SMILES string of the molecule is COc1ccc(Cl)cc1C(=O)NNC(=O)C(CCC(N)=O)NC(=O)c1ccc(Cl)cc1. The van der Waals surface area contributed by atoms with Crippen molar-refractivity contribution in [1.82, 2.24) is 16.2 Å². The van der Waals surface area contributed by atoms with Crippen LogP contribution >= 0.6 is 23.2 Å². The van der Waals surface area contributed by atoms with Crippen molar-refractivity contribution in [2.45, 2.75) is 18.9 Å². The summed E-state index contributed by atoms with van der Waals surface area (Å²) in [6.07, 6.45) is -0.230. The van der Waals surface area contributed by atoms with Crippen molar-refractivity contribution < 1.29 is 23.9 Å². The zero-order valence-corrected chi connectivity index (χ0v) is 17.9. The molecule has 0 bridgehead atoms.